The van der Waals surface area contributed by atoms with Crippen LogP contribution in [0.3, 0.4) is 0 Å². The molecule has 1 aromatic heterocycles. The van der Waals surface area contributed by atoms with Crippen LogP contribution in [0.15, 0.2) is 6.07 Å². The van der Waals surface area contributed by atoms with E-state index in [1.165, 1.54) is 19.1 Å². The largest absolute Gasteiger partial charge is 0.481 e. The Morgan fingerprint density at radius 1 is 1.29 bits per heavy atom. The number of likely N-dealkylation sites (N-methyl/N-ethyl adjacent to an activating group) is 1. The molecule has 0 atom stereocenters. The molecule has 0 saturated heterocycles. The van der Waals surface area contributed by atoms with E-state index in [9.17, 15) is 4.79 Å². The van der Waals surface area contributed by atoms with Gasteiger partial charge >= 0.3 is 0 Å². The van der Waals surface area contributed by atoms with E-state index >= 15 is 0 Å². The molecule has 0 aromatic carbocycles. The van der Waals surface area contributed by atoms with Crippen molar-refractivity contribution >= 4 is 11.9 Å². The normalized spacial score (nSPS) is 9.65. The van der Waals surface area contributed by atoms with Gasteiger partial charge in [-0.3, -0.25) is 4.79 Å². The molecule has 94 valence electrons. The summed E-state index contributed by atoms with van der Waals surface area (Å²) in [4.78, 5) is 20.9. The number of anilines is 1. The predicted octanol–water partition coefficient (Wildman–Crippen LogP) is -0.00610. The molecule has 1 amide bonds. The lowest BCUT2D eigenvalue weighted by Crippen LogP contribution is -2.29. The first kappa shape index (κ1) is 13.0. The van der Waals surface area contributed by atoms with E-state index in [1.54, 1.807) is 20.2 Å². The van der Waals surface area contributed by atoms with Gasteiger partial charge in [0, 0.05) is 14.1 Å². The number of carbonyl (C=O) groups excluding carboxylic acids is 1. The summed E-state index contributed by atoms with van der Waals surface area (Å²) in [5.41, 5.74) is 0. The molecule has 1 aromatic rings. The van der Waals surface area contributed by atoms with Gasteiger partial charge in [-0.1, -0.05) is 0 Å². The molecule has 1 rings (SSSR count). The Morgan fingerprint density at radius 2 is 1.82 bits per heavy atom. The maximum Gasteiger partial charge on any atom is 0.241 e. The topological polar surface area (TPSA) is 76.6 Å². The number of methoxy groups -OCH3 is 2. The highest BCUT2D eigenvalue weighted by atomic mass is 16.5. The highest BCUT2D eigenvalue weighted by Gasteiger charge is 2.08. The molecule has 7 heteroatoms. The van der Waals surface area contributed by atoms with Crippen LogP contribution < -0.4 is 14.8 Å². The molecule has 0 aliphatic carbocycles. The molecule has 0 spiro atoms. The summed E-state index contributed by atoms with van der Waals surface area (Å²) in [5, 5.41) is 2.80. The first-order valence-electron chi connectivity index (χ1n) is 4.98. The molecule has 7 nitrogen and oxygen atoms in total. The van der Waals surface area contributed by atoms with E-state index < -0.39 is 0 Å². The highest BCUT2D eigenvalue weighted by molar-refractivity contribution is 5.79. The van der Waals surface area contributed by atoms with Crippen LogP contribution in [0.1, 0.15) is 0 Å². The van der Waals surface area contributed by atoms with Crippen molar-refractivity contribution in [1.29, 1.82) is 0 Å². The fourth-order valence-corrected chi connectivity index (χ4v) is 1.00. The van der Waals surface area contributed by atoms with E-state index in [0.717, 1.165) is 0 Å². The molecule has 0 radical (unpaired) electrons. The van der Waals surface area contributed by atoms with Crippen LogP contribution in [0.4, 0.5) is 5.95 Å². The van der Waals surface area contributed by atoms with Crippen LogP contribution >= 0.6 is 0 Å². The fraction of sp³-hybridized carbons (Fsp3) is 0.500. The molecule has 0 fully saturated rings. The van der Waals surface area contributed by atoms with Crippen molar-refractivity contribution in [2.75, 3.05) is 40.2 Å². The maximum absolute atomic E-state index is 11.4. The first-order chi connectivity index (χ1) is 8.06. The van der Waals surface area contributed by atoms with Gasteiger partial charge in [0.2, 0.25) is 23.6 Å². The third-order valence-electron chi connectivity index (χ3n) is 1.99. The summed E-state index contributed by atoms with van der Waals surface area (Å²) in [5.74, 6) is 0.958. The third-order valence-corrected chi connectivity index (χ3v) is 1.99. The Bertz CT molecular complexity index is 373. The lowest BCUT2D eigenvalue weighted by molar-refractivity contribution is -0.126. The lowest BCUT2D eigenvalue weighted by atomic mass is 10.5. The Hall–Kier alpha value is -2.05. The van der Waals surface area contributed by atoms with Crippen LogP contribution in [0.5, 0.6) is 11.8 Å². The summed E-state index contributed by atoms with van der Waals surface area (Å²) in [6.07, 6.45) is 0. The number of nitrogens with one attached hydrogen (secondary N) is 1. The van der Waals surface area contributed by atoms with Crippen LogP contribution in [-0.2, 0) is 4.79 Å². The summed E-state index contributed by atoms with van der Waals surface area (Å²) < 4.78 is 9.97. The molecule has 17 heavy (non-hydrogen) atoms. The monoisotopic (exact) mass is 240 g/mol. The Balaban J connectivity index is 2.73. The number of rotatable bonds is 5. The van der Waals surface area contributed by atoms with Crippen molar-refractivity contribution in [3.05, 3.63) is 6.07 Å². The van der Waals surface area contributed by atoms with Gasteiger partial charge in [-0.25, -0.2) is 0 Å². The van der Waals surface area contributed by atoms with E-state index in [4.69, 9.17) is 9.47 Å². The standard InChI is InChI=1S/C10H16N4O3/c1-14(2)9(15)6-11-10-12-7(16-3)5-8(13-10)17-4/h5H,6H2,1-4H3,(H,11,12,13). The summed E-state index contributed by atoms with van der Waals surface area (Å²) >= 11 is 0. The van der Waals surface area contributed by atoms with Crippen molar-refractivity contribution in [2.45, 2.75) is 0 Å². The van der Waals surface area contributed by atoms with Crippen molar-refractivity contribution in [2.24, 2.45) is 0 Å². The van der Waals surface area contributed by atoms with Gasteiger partial charge in [-0.05, 0) is 0 Å². The Kier molecular flexibility index (Phi) is 4.50. The minimum atomic E-state index is -0.0737. The van der Waals surface area contributed by atoms with Crippen molar-refractivity contribution in [3.63, 3.8) is 0 Å². The molecule has 0 aliphatic rings. The second-order valence-corrected chi connectivity index (χ2v) is 3.42. The van der Waals surface area contributed by atoms with E-state index in [0.29, 0.717) is 11.8 Å². The third kappa shape index (κ3) is 3.78. The molecule has 0 aliphatic heterocycles. The second-order valence-electron chi connectivity index (χ2n) is 3.42. The molecular weight excluding hydrogens is 224 g/mol. The predicted molar refractivity (Wildman–Crippen MR) is 62.3 cm³/mol. The van der Waals surface area contributed by atoms with Gasteiger partial charge in [0.1, 0.15) is 0 Å². The fourth-order valence-electron chi connectivity index (χ4n) is 1.00. The molecule has 1 heterocycles. The van der Waals surface area contributed by atoms with E-state index in [1.807, 2.05) is 0 Å². The zero-order valence-electron chi connectivity index (χ0n) is 10.4. The number of hydrogen-bond acceptors (Lipinski definition) is 6. The van der Waals surface area contributed by atoms with Gasteiger partial charge in [0.15, 0.2) is 0 Å². The molecule has 0 bridgehead atoms. The molecule has 0 saturated carbocycles. The minimum Gasteiger partial charge on any atom is -0.481 e. The summed E-state index contributed by atoms with van der Waals surface area (Å²) in [7, 11) is 6.35. The molecule has 1 N–H and O–H groups in total. The number of hydrogen-bond donors (Lipinski definition) is 1. The summed E-state index contributed by atoms with van der Waals surface area (Å²) in [6, 6.07) is 1.55. The van der Waals surface area contributed by atoms with Gasteiger partial charge in [0.25, 0.3) is 0 Å². The van der Waals surface area contributed by atoms with Crippen molar-refractivity contribution in [3.8, 4) is 11.8 Å². The van der Waals surface area contributed by atoms with E-state index in [-0.39, 0.29) is 18.4 Å². The van der Waals surface area contributed by atoms with Gasteiger partial charge in [-0.15, -0.1) is 0 Å². The van der Waals surface area contributed by atoms with Crippen LogP contribution in [0.2, 0.25) is 0 Å². The van der Waals surface area contributed by atoms with Gasteiger partial charge < -0.3 is 19.7 Å². The zero-order chi connectivity index (χ0) is 12.8. The Morgan fingerprint density at radius 3 is 2.24 bits per heavy atom. The lowest BCUT2D eigenvalue weighted by Gasteiger charge is -2.11. The van der Waals surface area contributed by atoms with Gasteiger partial charge in [0.05, 0.1) is 26.8 Å². The zero-order valence-corrected chi connectivity index (χ0v) is 10.4. The SMILES string of the molecule is COc1cc(OC)nc(NCC(=O)N(C)C)n1. The smallest absolute Gasteiger partial charge is 0.241 e. The van der Waals surface area contributed by atoms with E-state index in [2.05, 4.69) is 15.3 Å². The number of aromatic nitrogens is 2. The molecule has 0 unspecified atom stereocenters. The summed E-state index contributed by atoms with van der Waals surface area (Å²) in [6.45, 7) is 0.114. The molecular formula is C10H16N4O3. The van der Waals surface area contributed by atoms with Gasteiger partial charge in [-0.2, -0.15) is 9.97 Å². The van der Waals surface area contributed by atoms with Crippen LogP contribution in [0, 0.1) is 0 Å². The van der Waals surface area contributed by atoms with Crippen molar-refractivity contribution in [1.82, 2.24) is 14.9 Å². The number of carbonyl (C=O) groups is 1. The quantitative estimate of drug-likeness (QED) is 0.780. The Labute approximate surface area is 99.8 Å². The minimum absolute atomic E-state index is 0.0737. The average molecular weight is 240 g/mol. The number of ether oxygens (including phenoxy) is 2. The number of amides is 1. The first-order valence-corrected chi connectivity index (χ1v) is 4.98. The second kappa shape index (κ2) is 5.88. The van der Waals surface area contributed by atoms with Crippen LogP contribution in [-0.4, -0.2) is 55.6 Å². The maximum atomic E-state index is 11.4. The van der Waals surface area contributed by atoms with Crippen LogP contribution in [0.25, 0.3) is 0 Å². The number of nitrogens with zero attached hydrogens (tertiary/aromatic N) is 3. The van der Waals surface area contributed by atoms with Crippen molar-refractivity contribution < 1.29 is 14.3 Å². The average Bonchev–Trinajstić information content (AvgIpc) is 2.35. The highest BCUT2D eigenvalue weighted by Crippen LogP contribution is 2.16.